The molecule has 5 aromatic carbocycles. The third kappa shape index (κ3) is 17.1. The minimum Gasteiger partial charge on any atom is -0.497 e. The van der Waals surface area contributed by atoms with Crippen LogP contribution in [0.25, 0.3) is 21.8 Å². The van der Waals surface area contributed by atoms with Gasteiger partial charge in [0.05, 0.1) is 44.7 Å². The molecule has 0 saturated carbocycles. The number of esters is 2. The number of piperazine rings is 1. The van der Waals surface area contributed by atoms with E-state index < -0.39 is 17.9 Å². The zero-order valence-electron chi connectivity index (χ0n) is 49.5. The van der Waals surface area contributed by atoms with E-state index in [-0.39, 0.29) is 68.5 Å². The van der Waals surface area contributed by atoms with Crippen LogP contribution in [0.1, 0.15) is 99.5 Å². The largest absolute Gasteiger partial charge is 0.497 e. The van der Waals surface area contributed by atoms with E-state index in [9.17, 15) is 33.6 Å². The maximum atomic E-state index is 13.6. The van der Waals surface area contributed by atoms with Crippen LogP contribution in [0.2, 0.25) is 10.0 Å². The molecule has 0 spiro atoms. The van der Waals surface area contributed by atoms with E-state index in [1.807, 2.05) is 39.0 Å². The Labute approximate surface area is 510 Å². The molecule has 3 heterocycles. The highest BCUT2D eigenvalue weighted by Crippen LogP contribution is 2.33. The highest BCUT2D eigenvalue weighted by atomic mass is 35.5. The number of fused-ring (bicyclic) bond motifs is 2. The molecule has 19 nitrogen and oxygen atoms in total. The Balaban J connectivity index is 0.000000337. The molecule has 3 N–H and O–H groups in total. The first-order chi connectivity index (χ1) is 41.5. The number of rotatable bonds is 25. The minimum absolute atomic E-state index is 0.00873. The number of halogens is 2. The number of hydrogen-bond donors (Lipinski definition) is 3. The SMILES string of the molecule is CCCN(CCC)C(=O)C(CCC(=O)OCCCN1CCN(CCOC(=O)Cc2c(C)n(C(=O)c3ccc(Cl)cc3)c3ccc(OC)cc23)CC1)NC(=O)c1ccccc1.COc1ccc2c(c1)c(CC(=O)NO)c(C)n2C(=O)c1ccc(Cl)cc1. The van der Waals surface area contributed by atoms with Crippen LogP contribution >= 0.6 is 23.2 Å². The average Bonchev–Trinajstić information content (AvgIpc) is 1.76. The fourth-order valence-electron chi connectivity index (χ4n) is 10.5. The number of ether oxygens (including phenoxy) is 4. The molecule has 0 radical (unpaired) electrons. The molecular weight excluding hydrogens is 1140 g/mol. The van der Waals surface area contributed by atoms with Crippen molar-refractivity contribution in [1.82, 2.24) is 34.6 Å². The molecule has 1 fully saturated rings. The van der Waals surface area contributed by atoms with Crippen LogP contribution in [0, 0.1) is 13.8 Å². The number of nitrogens with one attached hydrogen (secondary N) is 2. The van der Waals surface area contributed by atoms with Gasteiger partial charge in [0.2, 0.25) is 11.8 Å². The molecule has 3 amide bonds. The Morgan fingerprint density at radius 3 is 1.58 bits per heavy atom. The number of carbonyl (C=O) groups excluding carboxylic acids is 7. The van der Waals surface area contributed by atoms with E-state index in [4.69, 9.17) is 47.4 Å². The highest BCUT2D eigenvalue weighted by molar-refractivity contribution is 6.31. The van der Waals surface area contributed by atoms with Crippen molar-refractivity contribution in [2.24, 2.45) is 0 Å². The van der Waals surface area contributed by atoms with Crippen LogP contribution < -0.4 is 20.3 Å². The molecule has 0 aliphatic carbocycles. The van der Waals surface area contributed by atoms with E-state index in [2.05, 4.69) is 15.1 Å². The van der Waals surface area contributed by atoms with Gasteiger partial charge >= 0.3 is 11.9 Å². The number of methoxy groups -OCH3 is 2. The summed E-state index contributed by atoms with van der Waals surface area (Å²) in [4.78, 5) is 97.0. The summed E-state index contributed by atoms with van der Waals surface area (Å²) in [7, 11) is 3.12. The van der Waals surface area contributed by atoms with Crippen molar-refractivity contribution in [2.75, 3.05) is 79.8 Å². The summed E-state index contributed by atoms with van der Waals surface area (Å²) >= 11 is 12.0. The first-order valence-corrected chi connectivity index (χ1v) is 29.5. The van der Waals surface area contributed by atoms with Gasteiger partial charge in [0.25, 0.3) is 17.7 Å². The molecule has 2 aromatic heterocycles. The topological polar surface area (TPSA) is 220 Å². The Hall–Kier alpha value is -8.07. The molecule has 0 bridgehead atoms. The monoisotopic (exact) mass is 1220 g/mol. The summed E-state index contributed by atoms with van der Waals surface area (Å²) in [5.74, 6) is -1.09. The van der Waals surface area contributed by atoms with E-state index in [1.54, 1.807) is 138 Å². The second-order valence-corrected chi connectivity index (χ2v) is 21.7. The lowest BCUT2D eigenvalue weighted by Crippen LogP contribution is -2.49. The predicted octanol–water partition coefficient (Wildman–Crippen LogP) is 9.51. The van der Waals surface area contributed by atoms with Gasteiger partial charge in [-0.05, 0) is 148 Å². The van der Waals surface area contributed by atoms with Gasteiger partial charge in [0, 0.05) is 108 Å². The lowest BCUT2D eigenvalue weighted by Gasteiger charge is -2.34. The van der Waals surface area contributed by atoms with Crippen LogP contribution in [-0.4, -0.2) is 156 Å². The molecular formula is C65H75Cl2N7O12. The zero-order chi connectivity index (χ0) is 61.9. The molecule has 1 saturated heterocycles. The summed E-state index contributed by atoms with van der Waals surface area (Å²) in [6.07, 6.45) is 2.38. The second-order valence-electron chi connectivity index (χ2n) is 20.8. The normalized spacial score (nSPS) is 12.8. The summed E-state index contributed by atoms with van der Waals surface area (Å²) in [5.41, 5.74) is 7.01. The number of benzene rings is 5. The van der Waals surface area contributed by atoms with Gasteiger partial charge in [0.1, 0.15) is 24.1 Å². The van der Waals surface area contributed by atoms with Crippen molar-refractivity contribution in [1.29, 1.82) is 0 Å². The molecule has 21 heteroatoms. The second kappa shape index (κ2) is 31.9. The fourth-order valence-corrected chi connectivity index (χ4v) is 10.8. The van der Waals surface area contributed by atoms with Gasteiger partial charge in [-0.15, -0.1) is 0 Å². The Morgan fingerprint density at radius 1 is 0.605 bits per heavy atom. The highest BCUT2D eigenvalue weighted by Gasteiger charge is 2.28. The van der Waals surface area contributed by atoms with Crippen molar-refractivity contribution in [2.45, 2.75) is 78.7 Å². The van der Waals surface area contributed by atoms with E-state index in [0.717, 1.165) is 51.0 Å². The maximum absolute atomic E-state index is 13.6. The van der Waals surface area contributed by atoms with Gasteiger partial charge in [-0.2, -0.15) is 0 Å². The minimum atomic E-state index is -0.830. The summed E-state index contributed by atoms with van der Waals surface area (Å²) in [6.45, 7) is 13.9. The standard InChI is InChI=1S/C46H58ClN5O8.C19H17ClN2O4/c1-5-21-51(22-6-2)46(57)40(48-44(55)34-11-8-7-9-12-34)18-20-42(53)59-29-10-23-49-24-26-50(27-25-49)28-30-60-43(54)32-38-33(3)52(41-19-17-37(58-4)31-39(38)41)45(56)35-13-15-36(47)16-14-35;1-11-15(10-18(23)21-25)16-9-14(26-2)7-8-17(16)22(11)19(24)12-3-5-13(20)6-4-12/h7-9,11-17,19,31,40H,5-6,10,18,20-30,32H2,1-4H3,(H,48,55);3-9,25H,10H2,1-2H3,(H,21,23). The maximum Gasteiger partial charge on any atom is 0.310 e. The van der Waals surface area contributed by atoms with Crippen LogP contribution in [0.15, 0.2) is 115 Å². The Morgan fingerprint density at radius 2 is 1.09 bits per heavy atom. The average molecular weight is 1220 g/mol. The van der Waals surface area contributed by atoms with E-state index >= 15 is 0 Å². The van der Waals surface area contributed by atoms with Gasteiger partial charge in [0.15, 0.2) is 0 Å². The van der Waals surface area contributed by atoms with Crippen molar-refractivity contribution >= 4 is 86.5 Å². The Bertz CT molecular complexity index is 3480. The van der Waals surface area contributed by atoms with Crippen molar-refractivity contribution < 1.29 is 57.7 Å². The van der Waals surface area contributed by atoms with Crippen LogP contribution in [0.4, 0.5) is 0 Å². The Kier molecular flexibility index (Phi) is 24.3. The third-order valence-corrected chi connectivity index (χ3v) is 15.6. The molecule has 7 aromatic rings. The lowest BCUT2D eigenvalue weighted by atomic mass is 10.1. The number of hydrogen-bond acceptors (Lipinski definition) is 14. The van der Waals surface area contributed by atoms with Gasteiger partial charge in [-0.1, -0.05) is 55.2 Å². The molecule has 1 aliphatic heterocycles. The third-order valence-electron chi connectivity index (χ3n) is 15.0. The van der Waals surface area contributed by atoms with Crippen LogP contribution in [0.3, 0.4) is 0 Å². The van der Waals surface area contributed by atoms with Crippen LogP contribution in [0.5, 0.6) is 11.5 Å². The quantitative estimate of drug-likeness (QED) is 0.0210. The van der Waals surface area contributed by atoms with E-state index in [1.165, 1.54) is 0 Å². The smallest absolute Gasteiger partial charge is 0.310 e. The number of aromatic nitrogens is 2. The first-order valence-electron chi connectivity index (χ1n) is 28.8. The molecule has 8 rings (SSSR count). The summed E-state index contributed by atoms with van der Waals surface area (Å²) in [5, 5.41) is 14.3. The van der Waals surface area contributed by atoms with Crippen LogP contribution in [-0.2, 0) is 41.5 Å². The summed E-state index contributed by atoms with van der Waals surface area (Å²) in [6, 6.07) is 32.0. The molecule has 1 unspecified atom stereocenters. The lowest BCUT2D eigenvalue weighted by molar-refractivity contribution is -0.144. The number of carbonyl (C=O) groups is 7. The number of hydroxylamine groups is 1. The molecule has 456 valence electrons. The zero-order valence-corrected chi connectivity index (χ0v) is 51.0. The van der Waals surface area contributed by atoms with Crippen molar-refractivity contribution in [3.8, 4) is 11.5 Å². The van der Waals surface area contributed by atoms with Gasteiger partial charge in [-0.25, -0.2) is 5.48 Å². The molecule has 1 atom stereocenters. The van der Waals surface area contributed by atoms with E-state index in [0.29, 0.717) is 103 Å². The fraction of sp³-hybridized carbons (Fsp3) is 0.369. The van der Waals surface area contributed by atoms with Gasteiger partial charge < -0.3 is 34.1 Å². The number of nitrogens with zero attached hydrogens (tertiary/aromatic N) is 5. The predicted molar refractivity (Wildman–Crippen MR) is 330 cm³/mol. The molecule has 1 aliphatic rings. The van der Waals surface area contributed by atoms with Crippen molar-refractivity contribution in [3.63, 3.8) is 0 Å². The van der Waals surface area contributed by atoms with Gasteiger partial charge in [-0.3, -0.25) is 52.8 Å². The first kappa shape index (κ1) is 65.5. The summed E-state index contributed by atoms with van der Waals surface area (Å²) < 4.78 is 25.1. The molecule has 86 heavy (non-hydrogen) atoms. The number of amides is 3. The van der Waals surface area contributed by atoms with Crippen molar-refractivity contribution in [3.05, 3.63) is 165 Å².